The van der Waals surface area contributed by atoms with E-state index in [1.165, 1.54) is 24.1 Å². The van der Waals surface area contributed by atoms with E-state index in [9.17, 15) is 32.7 Å². The number of benzene rings is 1. The van der Waals surface area contributed by atoms with Crippen LogP contribution >= 0.6 is 0 Å². The molecule has 1 unspecified atom stereocenters. The molecule has 240 valence electrons. The molecule has 2 N–H and O–H groups in total. The molecule has 13 heteroatoms. The Morgan fingerprint density at radius 2 is 1.64 bits per heavy atom. The summed E-state index contributed by atoms with van der Waals surface area (Å²) in [5.74, 6) is -1.71. The van der Waals surface area contributed by atoms with Crippen molar-refractivity contribution in [3.05, 3.63) is 63.3 Å². The fourth-order valence-corrected chi connectivity index (χ4v) is 5.95. The SMILES string of the molecule is C[C@@H]1CN(c2cc(F)c(C3=CCN(C(=O)O)C(C(C)(C)C)C3)cc2NC(=O)c2cn(C)c(=O)cc2C(F)(F)F)C[C@H](C)N1C. The molecule has 0 saturated carbocycles. The van der Waals surface area contributed by atoms with Crippen molar-refractivity contribution < 1.29 is 32.3 Å². The van der Waals surface area contributed by atoms with E-state index in [1.54, 1.807) is 6.08 Å². The Morgan fingerprint density at radius 3 is 2.18 bits per heavy atom. The van der Waals surface area contributed by atoms with E-state index >= 15 is 4.39 Å². The second-order valence-corrected chi connectivity index (χ2v) is 12.9. The van der Waals surface area contributed by atoms with Gasteiger partial charge in [-0.3, -0.25) is 14.5 Å². The first-order chi connectivity index (χ1) is 20.3. The van der Waals surface area contributed by atoms with Gasteiger partial charge in [0.2, 0.25) is 0 Å². The summed E-state index contributed by atoms with van der Waals surface area (Å²) in [5.41, 5.74) is -2.47. The smallest absolute Gasteiger partial charge is 0.417 e. The van der Waals surface area contributed by atoms with Crippen molar-refractivity contribution >= 4 is 28.9 Å². The maximum Gasteiger partial charge on any atom is 0.417 e. The molecule has 1 fully saturated rings. The molecule has 0 spiro atoms. The molecule has 44 heavy (non-hydrogen) atoms. The first kappa shape index (κ1) is 33.0. The second kappa shape index (κ2) is 11.9. The Kier molecular flexibility index (Phi) is 8.94. The highest BCUT2D eigenvalue weighted by Gasteiger charge is 2.38. The Labute approximate surface area is 253 Å². The predicted octanol–water partition coefficient (Wildman–Crippen LogP) is 5.51. The zero-order valence-corrected chi connectivity index (χ0v) is 25.9. The number of nitrogens with one attached hydrogen (secondary N) is 1. The highest BCUT2D eigenvalue weighted by atomic mass is 19.4. The van der Waals surface area contributed by atoms with Crippen LogP contribution in [-0.2, 0) is 13.2 Å². The lowest BCUT2D eigenvalue weighted by Gasteiger charge is -2.44. The van der Waals surface area contributed by atoms with Gasteiger partial charge in [0, 0.05) is 62.6 Å². The number of nitrogens with zero attached hydrogens (tertiary/aromatic N) is 4. The molecule has 1 aromatic heterocycles. The van der Waals surface area contributed by atoms with Crippen molar-refractivity contribution in [2.24, 2.45) is 12.5 Å². The number of carbonyl (C=O) groups excluding carboxylic acids is 1. The number of aryl methyl sites for hydroxylation is 1. The van der Waals surface area contributed by atoms with E-state index in [0.29, 0.717) is 30.4 Å². The van der Waals surface area contributed by atoms with Gasteiger partial charge in [0.1, 0.15) is 5.82 Å². The molecule has 2 aliphatic heterocycles. The van der Waals surface area contributed by atoms with Crippen LogP contribution in [0.3, 0.4) is 0 Å². The highest BCUT2D eigenvalue weighted by molar-refractivity contribution is 6.07. The molecule has 0 aliphatic carbocycles. The monoisotopic (exact) mass is 621 g/mol. The Balaban J connectivity index is 1.84. The number of halogens is 4. The lowest BCUT2D eigenvalue weighted by molar-refractivity contribution is -0.138. The maximum absolute atomic E-state index is 16.0. The van der Waals surface area contributed by atoms with Gasteiger partial charge in [-0.25, -0.2) is 9.18 Å². The number of alkyl halides is 3. The largest absolute Gasteiger partial charge is 0.465 e. The van der Waals surface area contributed by atoms with Crippen LogP contribution in [0.15, 0.2) is 35.3 Å². The van der Waals surface area contributed by atoms with Crippen molar-refractivity contribution in [2.75, 3.05) is 36.9 Å². The van der Waals surface area contributed by atoms with Gasteiger partial charge in [-0.05, 0) is 50.4 Å². The number of hydrogen-bond donors (Lipinski definition) is 2. The van der Waals surface area contributed by atoms with Crippen LogP contribution in [0, 0.1) is 11.2 Å². The van der Waals surface area contributed by atoms with Gasteiger partial charge in [-0.15, -0.1) is 0 Å². The minimum Gasteiger partial charge on any atom is -0.465 e. The van der Waals surface area contributed by atoms with Crippen LogP contribution in [0.5, 0.6) is 0 Å². The molecule has 1 aromatic carbocycles. The molecule has 9 nitrogen and oxygen atoms in total. The summed E-state index contributed by atoms with van der Waals surface area (Å²) in [7, 11) is 3.22. The number of likely N-dealkylation sites (N-methyl/N-ethyl adjacent to an activating group) is 1. The van der Waals surface area contributed by atoms with Crippen LogP contribution in [0.2, 0.25) is 0 Å². The fourth-order valence-electron chi connectivity index (χ4n) is 5.95. The summed E-state index contributed by atoms with van der Waals surface area (Å²) in [4.78, 5) is 42.8. The summed E-state index contributed by atoms with van der Waals surface area (Å²) >= 11 is 0. The molecule has 1 saturated heterocycles. The first-order valence-electron chi connectivity index (χ1n) is 14.4. The fraction of sp³-hybridized carbons (Fsp3) is 0.516. The van der Waals surface area contributed by atoms with Crippen molar-refractivity contribution in [3.8, 4) is 0 Å². The number of aromatic nitrogens is 1. The lowest BCUT2D eigenvalue weighted by atomic mass is 9.79. The van der Waals surface area contributed by atoms with Gasteiger partial charge in [0.25, 0.3) is 11.5 Å². The zero-order chi connectivity index (χ0) is 32.9. The minimum absolute atomic E-state index is 0.0238. The van der Waals surface area contributed by atoms with Crippen LogP contribution in [0.25, 0.3) is 5.57 Å². The van der Waals surface area contributed by atoms with Gasteiger partial charge in [-0.1, -0.05) is 26.8 Å². The second-order valence-electron chi connectivity index (χ2n) is 12.9. The minimum atomic E-state index is -4.97. The summed E-state index contributed by atoms with van der Waals surface area (Å²) in [6.07, 6.45) is -3.41. The summed E-state index contributed by atoms with van der Waals surface area (Å²) in [6.45, 7) is 10.6. The first-order valence-corrected chi connectivity index (χ1v) is 14.4. The van der Waals surface area contributed by atoms with Crippen molar-refractivity contribution in [1.29, 1.82) is 0 Å². The van der Waals surface area contributed by atoms with Gasteiger partial charge in [0.15, 0.2) is 0 Å². The average molecular weight is 622 g/mol. The van der Waals surface area contributed by atoms with E-state index in [-0.39, 0.29) is 36.3 Å². The van der Waals surface area contributed by atoms with E-state index in [0.717, 1.165) is 10.8 Å². The van der Waals surface area contributed by atoms with Gasteiger partial charge >= 0.3 is 12.3 Å². The Bertz CT molecular complexity index is 1530. The molecule has 3 heterocycles. The molecular weight excluding hydrogens is 582 g/mol. The molecule has 2 amide bonds. The summed E-state index contributed by atoms with van der Waals surface area (Å²) in [5, 5.41) is 12.3. The Hall–Kier alpha value is -3.87. The van der Waals surface area contributed by atoms with Gasteiger partial charge in [0.05, 0.1) is 22.5 Å². The number of rotatable bonds is 4. The summed E-state index contributed by atoms with van der Waals surface area (Å²) < 4.78 is 58.5. The van der Waals surface area contributed by atoms with E-state index < -0.39 is 52.1 Å². The number of hydrogen-bond acceptors (Lipinski definition) is 5. The lowest BCUT2D eigenvalue weighted by Crippen LogP contribution is -2.55. The average Bonchev–Trinajstić information content (AvgIpc) is 2.91. The molecule has 4 rings (SSSR count). The topological polar surface area (TPSA) is 98.1 Å². The number of carboxylic acid groups (broad SMARTS) is 1. The van der Waals surface area contributed by atoms with Crippen molar-refractivity contribution in [3.63, 3.8) is 0 Å². The number of piperazine rings is 1. The van der Waals surface area contributed by atoms with E-state index in [4.69, 9.17) is 0 Å². The van der Waals surface area contributed by atoms with Crippen LogP contribution in [-0.4, -0.2) is 76.3 Å². The van der Waals surface area contributed by atoms with Gasteiger partial charge in [-0.2, -0.15) is 13.2 Å². The molecule has 0 bridgehead atoms. The summed E-state index contributed by atoms with van der Waals surface area (Å²) in [6, 6.07) is 2.70. The van der Waals surface area contributed by atoms with Crippen LogP contribution < -0.4 is 15.8 Å². The van der Waals surface area contributed by atoms with Crippen LogP contribution in [0.4, 0.5) is 33.7 Å². The number of carbonyl (C=O) groups is 2. The van der Waals surface area contributed by atoms with Crippen molar-refractivity contribution in [2.45, 2.75) is 65.3 Å². The van der Waals surface area contributed by atoms with E-state index in [1.807, 2.05) is 46.6 Å². The zero-order valence-electron chi connectivity index (χ0n) is 25.9. The quantitative estimate of drug-likeness (QED) is 0.438. The molecular formula is C31H39F4N5O4. The normalized spacial score (nSPS) is 21.7. The third-order valence-electron chi connectivity index (χ3n) is 8.73. The molecule has 3 atom stereocenters. The standard InChI is InChI=1S/C31H39F4N5O4/c1-17-14-39(15-18(2)38(17)7)25-13-23(32)20(19-8-9-40(29(43)44)26(10-19)30(3,4)5)11-24(25)36-28(42)21-16-37(6)27(41)12-22(21)31(33,34)35/h8,11-13,16-18,26H,9-10,14-15H2,1-7H3,(H,36,42)(H,43,44)/t17-,18+,26?. The van der Waals surface area contributed by atoms with E-state index in [2.05, 4.69) is 10.2 Å². The number of anilines is 2. The highest BCUT2D eigenvalue weighted by Crippen LogP contribution is 2.40. The van der Waals surface area contributed by atoms with Gasteiger partial charge < -0.3 is 24.8 Å². The number of pyridine rings is 1. The third kappa shape index (κ3) is 6.62. The number of amides is 2. The predicted molar refractivity (Wildman–Crippen MR) is 161 cm³/mol. The van der Waals surface area contributed by atoms with Crippen molar-refractivity contribution in [1.82, 2.24) is 14.4 Å². The van der Waals surface area contributed by atoms with Crippen LogP contribution in [0.1, 0.15) is 62.5 Å². The molecule has 2 aromatic rings. The Morgan fingerprint density at radius 1 is 1.02 bits per heavy atom. The maximum atomic E-state index is 16.0. The molecule has 0 radical (unpaired) electrons. The molecule has 2 aliphatic rings. The third-order valence-corrected chi connectivity index (χ3v) is 8.73.